The van der Waals surface area contributed by atoms with Gasteiger partial charge in [0.25, 0.3) is 0 Å². The molecule has 102 valence electrons. The zero-order chi connectivity index (χ0) is 12.4. The first-order valence-electron chi connectivity index (χ1n) is 6.26. The topological polar surface area (TPSA) is 56.3 Å². The summed E-state index contributed by atoms with van der Waals surface area (Å²) in [4.78, 5) is 14.4. The number of hydrogen-bond donors (Lipinski definition) is 2. The number of likely N-dealkylation sites (N-methyl/N-ethyl adjacent to an activating group) is 1. The molecule has 0 bridgehead atoms. The van der Waals surface area contributed by atoms with E-state index in [9.17, 15) is 0 Å². The van der Waals surface area contributed by atoms with E-state index in [1.807, 2.05) is 24.3 Å². The Hall–Kier alpha value is -1.31. The SMILES string of the molecule is CN1CCN=C1NCCc1nc2ccccc2[nH]1.I. The summed E-state index contributed by atoms with van der Waals surface area (Å²) in [5, 5.41) is 3.34. The molecule has 0 fully saturated rings. The quantitative estimate of drug-likeness (QED) is 0.807. The monoisotopic (exact) mass is 371 g/mol. The van der Waals surface area contributed by atoms with Crippen LogP contribution in [0.5, 0.6) is 0 Å². The first-order chi connectivity index (χ1) is 8.83. The number of nitrogens with one attached hydrogen (secondary N) is 2. The summed E-state index contributed by atoms with van der Waals surface area (Å²) in [6.45, 7) is 2.75. The van der Waals surface area contributed by atoms with E-state index in [0.29, 0.717) is 0 Å². The summed E-state index contributed by atoms with van der Waals surface area (Å²) in [5.41, 5.74) is 2.13. The second-order valence-corrected chi connectivity index (χ2v) is 4.50. The number of aromatic nitrogens is 2. The molecule has 2 heterocycles. The van der Waals surface area contributed by atoms with Gasteiger partial charge in [-0.05, 0) is 12.1 Å². The Kier molecular flexibility index (Phi) is 4.62. The fourth-order valence-corrected chi connectivity index (χ4v) is 2.14. The van der Waals surface area contributed by atoms with Gasteiger partial charge in [0.05, 0.1) is 17.6 Å². The fourth-order valence-electron chi connectivity index (χ4n) is 2.14. The zero-order valence-electron chi connectivity index (χ0n) is 10.9. The fraction of sp³-hybridized carbons (Fsp3) is 0.385. The highest BCUT2D eigenvalue weighted by Crippen LogP contribution is 2.10. The minimum Gasteiger partial charge on any atom is -0.356 e. The van der Waals surface area contributed by atoms with Crippen molar-refractivity contribution >= 4 is 41.0 Å². The van der Waals surface area contributed by atoms with Crippen LogP contribution in [0.3, 0.4) is 0 Å². The molecule has 1 aliphatic rings. The predicted octanol–water partition coefficient (Wildman–Crippen LogP) is 1.61. The molecule has 0 radical (unpaired) electrons. The molecule has 19 heavy (non-hydrogen) atoms. The number of aromatic amines is 1. The van der Waals surface area contributed by atoms with Crippen LogP contribution in [0.4, 0.5) is 0 Å². The van der Waals surface area contributed by atoms with E-state index in [1.165, 1.54) is 0 Å². The third-order valence-electron chi connectivity index (χ3n) is 3.14. The Labute approximate surface area is 129 Å². The number of aliphatic imine (C=N–C) groups is 1. The van der Waals surface area contributed by atoms with Gasteiger partial charge in [-0.3, -0.25) is 4.99 Å². The van der Waals surface area contributed by atoms with Crippen LogP contribution < -0.4 is 5.32 Å². The van der Waals surface area contributed by atoms with Gasteiger partial charge >= 0.3 is 0 Å². The molecule has 0 amide bonds. The average Bonchev–Trinajstić information content (AvgIpc) is 2.96. The lowest BCUT2D eigenvalue weighted by molar-refractivity contribution is 0.534. The number of nitrogens with zero attached hydrogens (tertiary/aromatic N) is 3. The number of H-pyrrole nitrogens is 1. The number of imidazole rings is 1. The lowest BCUT2D eigenvalue weighted by atomic mass is 10.3. The van der Waals surface area contributed by atoms with E-state index in [-0.39, 0.29) is 24.0 Å². The summed E-state index contributed by atoms with van der Waals surface area (Å²) >= 11 is 0. The summed E-state index contributed by atoms with van der Waals surface area (Å²) < 4.78 is 0. The summed E-state index contributed by atoms with van der Waals surface area (Å²) in [6.07, 6.45) is 0.877. The summed E-state index contributed by atoms with van der Waals surface area (Å²) in [7, 11) is 2.06. The molecule has 2 aromatic rings. The van der Waals surface area contributed by atoms with Gasteiger partial charge in [0, 0.05) is 26.6 Å². The zero-order valence-corrected chi connectivity index (χ0v) is 13.2. The number of fused-ring (bicyclic) bond motifs is 1. The van der Waals surface area contributed by atoms with E-state index in [2.05, 4.69) is 32.2 Å². The Balaban J connectivity index is 0.00000133. The lowest BCUT2D eigenvalue weighted by Crippen LogP contribution is -2.36. The Morgan fingerprint density at radius 2 is 2.21 bits per heavy atom. The van der Waals surface area contributed by atoms with Gasteiger partial charge in [0.1, 0.15) is 5.82 Å². The second-order valence-electron chi connectivity index (χ2n) is 4.50. The van der Waals surface area contributed by atoms with Crippen molar-refractivity contribution in [2.75, 3.05) is 26.7 Å². The van der Waals surface area contributed by atoms with Crippen molar-refractivity contribution in [3.05, 3.63) is 30.1 Å². The van der Waals surface area contributed by atoms with E-state index in [4.69, 9.17) is 0 Å². The maximum Gasteiger partial charge on any atom is 0.193 e. The van der Waals surface area contributed by atoms with E-state index >= 15 is 0 Å². The Morgan fingerprint density at radius 1 is 1.37 bits per heavy atom. The molecule has 2 N–H and O–H groups in total. The van der Waals surface area contributed by atoms with Crippen LogP contribution >= 0.6 is 24.0 Å². The normalized spacial score (nSPS) is 14.4. The van der Waals surface area contributed by atoms with Crippen LogP contribution in [0.25, 0.3) is 11.0 Å². The number of guanidine groups is 1. The number of rotatable bonds is 3. The minimum absolute atomic E-state index is 0. The molecule has 1 aromatic heterocycles. The molecule has 3 rings (SSSR count). The van der Waals surface area contributed by atoms with Gasteiger partial charge in [0.15, 0.2) is 5.96 Å². The van der Waals surface area contributed by atoms with E-state index in [1.54, 1.807) is 0 Å². The molecule has 0 aliphatic carbocycles. The summed E-state index contributed by atoms with van der Waals surface area (Å²) in [5.74, 6) is 2.01. The maximum absolute atomic E-state index is 4.55. The largest absolute Gasteiger partial charge is 0.356 e. The van der Waals surface area contributed by atoms with Crippen molar-refractivity contribution in [2.45, 2.75) is 6.42 Å². The smallest absolute Gasteiger partial charge is 0.193 e. The third-order valence-corrected chi connectivity index (χ3v) is 3.14. The first-order valence-corrected chi connectivity index (χ1v) is 6.26. The highest BCUT2D eigenvalue weighted by Gasteiger charge is 2.11. The number of para-hydroxylation sites is 2. The molecule has 1 aliphatic heterocycles. The van der Waals surface area contributed by atoms with Gasteiger partial charge in [-0.15, -0.1) is 24.0 Å². The molecule has 0 spiro atoms. The Bertz CT molecular complexity index is 544. The highest BCUT2D eigenvalue weighted by atomic mass is 127. The number of benzene rings is 1. The molecule has 0 atom stereocenters. The molecule has 0 saturated heterocycles. The molecule has 1 aromatic carbocycles. The lowest BCUT2D eigenvalue weighted by Gasteiger charge is -2.14. The summed E-state index contributed by atoms with van der Waals surface area (Å²) in [6, 6.07) is 8.10. The average molecular weight is 371 g/mol. The van der Waals surface area contributed by atoms with E-state index < -0.39 is 0 Å². The molecule has 0 unspecified atom stereocenters. The van der Waals surface area contributed by atoms with Crippen molar-refractivity contribution < 1.29 is 0 Å². The molecular formula is C13H18IN5. The second kappa shape index (κ2) is 6.23. The van der Waals surface area contributed by atoms with Crippen molar-refractivity contribution in [1.82, 2.24) is 20.2 Å². The molecule has 5 nitrogen and oxygen atoms in total. The minimum atomic E-state index is 0. The number of halogens is 1. The Morgan fingerprint density at radius 3 is 2.95 bits per heavy atom. The highest BCUT2D eigenvalue weighted by molar-refractivity contribution is 14.0. The molecule has 0 saturated carbocycles. The van der Waals surface area contributed by atoms with Gasteiger partial charge < -0.3 is 15.2 Å². The maximum atomic E-state index is 4.55. The van der Waals surface area contributed by atoms with Crippen molar-refractivity contribution in [3.8, 4) is 0 Å². The third kappa shape index (κ3) is 3.17. The van der Waals surface area contributed by atoms with Crippen molar-refractivity contribution in [2.24, 2.45) is 4.99 Å². The van der Waals surface area contributed by atoms with Gasteiger partial charge in [-0.1, -0.05) is 12.1 Å². The van der Waals surface area contributed by atoms with Crippen molar-refractivity contribution in [3.63, 3.8) is 0 Å². The van der Waals surface area contributed by atoms with Gasteiger partial charge in [0.2, 0.25) is 0 Å². The standard InChI is InChI=1S/C13H17N5.HI/c1-18-9-8-15-13(18)14-7-6-12-16-10-4-2-3-5-11(10)17-12;/h2-5H,6-9H2,1H3,(H,14,15)(H,16,17);1H. The van der Waals surface area contributed by atoms with E-state index in [0.717, 1.165) is 48.9 Å². The van der Waals surface area contributed by atoms with Crippen LogP contribution in [0.1, 0.15) is 5.82 Å². The molecule has 6 heteroatoms. The predicted molar refractivity (Wildman–Crippen MR) is 88.1 cm³/mol. The first kappa shape index (κ1) is 14.1. The van der Waals surface area contributed by atoms with Crippen molar-refractivity contribution in [1.29, 1.82) is 0 Å². The van der Waals surface area contributed by atoms with Crippen LogP contribution in [-0.4, -0.2) is 47.5 Å². The van der Waals surface area contributed by atoms with Crippen LogP contribution in [0.2, 0.25) is 0 Å². The number of hydrogen-bond acceptors (Lipinski definition) is 4. The van der Waals surface area contributed by atoms with Crippen LogP contribution in [-0.2, 0) is 6.42 Å². The van der Waals surface area contributed by atoms with Gasteiger partial charge in [-0.25, -0.2) is 4.98 Å². The van der Waals surface area contributed by atoms with Crippen LogP contribution in [0.15, 0.2) is 29.3 Å². The van der Waals surface area contributed by atoms with Crippen LogP contribution in [0, 0.1) is 0 Å². The van der Waals surface area contributed by atoms with Gasteiger partial charge in [-0.2, -0.15) is 0 Å². The molecular weight excluding hydrogens is 353 g/mol.